The van der Waals surface area contributed by atoms with Gasteiger partial charge >= 0.3 is 11.8 Å². The molecule has 1 aliphatic heterocycles. The summed E-state index contributed by atoms with van der Waals surface area (Å²) in [4.78, 5) is 28.7. The first-order valence-electron chi connectivity index (χ1n) is 9.42. The molecule has 2 N–H and O–H groups in total. The summed E-state index contributed by atoms with van der Waals surface area (Å²) in [6, 6.07) is 6.87. The normalized spacial score (nSPS) is 15.4. The van der Waals surface area contributed by atoms with E-state index in [4.69, 9.17) is 4.42 Å². The molecule has 1 fully saturated rings. The minimum absolute atomic E-state index is 0.411. The van der Waals surface area contributed by atoms with E-state index in [-0.39, 0.29) is 0 Å². The number of aryl methyl sites for hydroxylation is 1. The fourth-order valence-electron chi connectivity index (χ4n) is 2.95. The number of amides is 2. The molecule has 0 radical (unpaired) electrons. The Hall–Kier alpha value is -2.78. The Kier molecular flexibility index (Phi) is 6.72. The van der Waals surface area contributed by atoms with Gasteiger partial charge in [-0.2, -0.15) is 0 Å². The summed E-state index contributed by atoms with van der Waals surface area (Å²) in [7, 11) is 2.12. The Morgan fingerprint density at radius 1 is 1.07 bits per heavy atom. The molecule has 2 heterocycles. The average molecular weight is 386 g/mol. The smallest absolute Gasteiger partial charge is 0.313 e. The third-order valence-electron chi connectivity index (χ3n) is 4.65. The first-order valence-corrected chi connectivity index (χ1v) is 9.42. The van der Waals surface area contributed by atoms with Crippen molar-refractivity contribution in [2.24, 2.45) is 0 Å². The van der Waals surface area contributed by atoms with Crippen LogP contribution in [0.15, 0.2) is 28.7 Å². The zero-order valence-electron chi connectivity index (χ0n) is 16.3. The molecule has 9 nitrogen and oxygen atoms in total. The number of benzene rings is 1. The highest BCUT2D eigenvalue weighted by Crippen LogP contribution is 2.19. The Morgan fingerprint density at radius 3 is 2.43 bits per heavy atom. The second-order valence-electron chi connectivity index (χ2n) is 6.91. The molecule has 2 aromatic rings. The van der Waals surface area contributed by atoms with Gasteiger partial charge in [0.25, 0.3) is 0 Å². The summed E-state index contributed by atoms with van der Waals surface area (Å²) in [5, 5.41) is 13.0. The van der Waals surface area contributed by atoms with Crippen LogP contribution in [0, 0.1) is 6.92 Å². The molecule has 0 aliphatic carbocycles. The number of carbonyl (C=O) groups excluding carboxylic acids is 2. The minimum Gasteiger partial charge on any atom is -0.421 e. The standard InChI is InChI=1S/C19H26N6O3/c1-14-22-23-19(28-14)15-4-6-16(7-5-15)21-18(27)17(26)20-8-3-9-25-12-10-24(2)11-13-25/h4-7H,3,8-13H2,1-2H3,(H,20,26)(H,21,27). The van der Waals surface area contributed by atoms with Gasteiger partial charge in [-0.15, -0.1) is 10.2 Å². The summed E-state index contributed by atoms with van der Waals surface area (Å²) < 4.78 is 5.35. The maximum absolute atomic E-state index is 12.0. The van der Waals surface area contributed by atoms with Gasteiger partial charge in [0.2, 0.25) is 11.8 Å². The van der Waals surface area contributed by atoms with Gasteiger partial charge in [0, 0.05) is 50.9 Å². The number of carbonyl (C=O) groups is 2. The van der Waals surface area contributed by atoms with Crippen molar-refractivity contribution in [1.29, 1.82) is 0 Å². The molecule has 0 bridgehead atoms. The van der Waals surface area contributed by atoms with E-state index in [1.807, 2.05) is 0 Å². The average Bonchev–Trinajstić information content (AvgIpc) is 3.13. The van der Waals surface area contributed by atoms with Crippen LogP contribution in [0.4, 0.5) is 5.69 Å². The molecule has 28 heavy (non-hydrogen) atoms. The van der Waals surface area contributed by atoms with E-state index in [1.54, 1.807) is 31.2 Å². The van der Waals surface area contributed by atoms with Crippen molar-refractivity contribution in [3.63, 3.8) is 0 Å². The van der Waals surface area contributed by atoms with Crippen LogP contribution in [0.25, 0.3) is 11.5 Å². The molecule has 3 rings (SSSR count). The maximum Gasteiger partial charge on any atom is 0.313 e. The molecule has 1 saturated heterocycles. The van der Waals surface area contributed by atoms with Crippen molar-refractivity contribution in [3.8, 4) is 11.5 Å². The van der Waals surface area contributed by atoms with Gasteiger partial charge in [-0.1, -0.05) is 0 Å². The molecule has 1 aromatic heterocycles. The first-order chi connectivity index (χ1) is 13.5. The van der Waals surface area contributed by atoms with Crippen LogP contribution in [0.1, 0.15) is 12.3 Å². The Morgan fingerprint density at radius 2 is 1.79 bits per heavy atom. The number of hydrogen-bond acceptors (Lipinski definition) is 7. The fourth-order valence-corrected chi connectivity index (χ4v) is 2.95. The fraction of sp³-hybridized carbons (Fsp3) is 0.474. The zero-order chi connectivity index (χ0) is 19.9. The number of likely N-dealkylation sites (N-methyl/N-ethyl adjacent to an activating group) is 1. The van der Waals surface area contributed by atoms with Crippen molar-refractivity contribution in [1.82, 2.24) is 25.3 Å². The van der Waals surface area contributed by atoms with Crippen LogP contribution in [-0.2, 0) is 9.59 Å². The van der Waals surface area contributed by atoms with E-state index >= 15 is 0 Å². The molecule has 0 saturated carbocycles. The molecule has 1 aromatic carbocycles. The number of nitrogens with zero attached hydrogens (tertiary/aromatic N) is 4. The third kappa shape index (κ3) is 5.61. The quantitative estimate of drug-likeness (QED) is 0.557. The molecule has 1 aliphatic rings. The number of nitrogens with one attached hydrogen (secondary N) is 2. The van der Waals surface area contributed by atoms with Gasteiger partial charge in [-0.05, 0) is 44.3 Å². The second-order valence-corrected chi connectivity index (χ2v) is 6.91. The lowest BCUT2D eigenvalue weighted by Gasteiger charge is -2.32. The van der Waals surface area contributed by atoms with Crippen molar-refractivity contribution in [3.05, 3.63) is 30.2 Å². The van der Waals surface area contributed by atoms with Gasteiger partial charge in [0.05, 0.1) is 0 Å². The summed E-state index contributed by atoms with van der Waals surface area (Å²) in [5.74, 6) is -0.416. The Labute approximate surface area is 164 Å². The molecular weight excluding hydrogens is 360 g/mol. The summed E-state index contributed by atoms with van der Waals surface area (Å²) in [5.41, 5.74) is 1.27. The topological polar surface area (TPSA) is 104 Å². The predicted octanol–water partition coefficient (Wildman–Crippen LogP) is 0.737. The van der Waals surface area contributed by atoms with Crippen LogP contribution in [0.3, 0.4) is 0 Å². The lowest BCUT2D eigenvalue weighted by atomic mass is 10.2. The highest BCUT2D eigenvalue weighted by atomic mass is 16.4. The predicted molar refractivity (Wildman–Crippen MR) is 105 cm³/mol. The number of hydrogen-bond donors (Lipinski definition) is 2. The number of aromatic nitrogens is 2. The lowest BCUT2D eigenvalue weighted by Crippen LogP contribution is -2.45. The van der Waals surface area contributed by atoms with Gasteiger partial charge in [0.1, 0.15) is 0 Å². The van der Waals surface area contributed by atoms with E-state index < -0.39 is 11.8 Å². The van der Waals surface area contributed by atoms with Crippen molar-refractivity contribution >= 4 is 17.5 Å². The Bertz CT molecular complexity index is 796. The molecule has 150 valence electrons. The second kappa shape index (κ2) is 9.43. The lowest BCUT2D eigenvalue weighted by molar-refractivity contribution is -0.136. The van der Waals surface area contributed by atoms with Crippen molar-refractivity contribution in [2.45, 2.75) is 13.3 Å². The van der Waals surface area contributed by atoms with Crippen molar-refractivity contribution in [2.75, 3.05) is 51.6 Å². The first kappa shape index (κ1) is 20.0. The van der Waals surface area contributed by atoms with Gasteiger partial charge in [-0.3, -0.25) is 9.59 Å². The van der Waals surface area contributed by atoms with Gasteiger partial charge < -0.3 is 24.9 Å². The zero-order valence-corrected chi connectivity index (χ0v) is 16.3. The largest absolute Gasteiger partial charge is 0.421 e. The molecule has 2 amide bonds. The summed E-state index contributed by atoms with van der Waals surface area (Å²) in [6.07, 6.45) is 0.820. The maximum atomic E-state index is 12.0. The number of anilines is 1. The molecular formula is C19H26N6O3. The monoisotopic (exact) mass is 386 g/mol. The SMILES string of the molecule is Cc1nnc(-c2ccc(NC(=O)C(=O)NCCCN3CCN(C)CC3)cc2)o1. The van der Waals surface area contributed by atoms with E-state index in [0.29, 0.717) is 24.0 Å². The van der Waals surface area contributed by atoms with Crippen LogP contribution >= 0.6 is 0 Å². The van der Waals surface area contributed by atoms with E-state index in [9.17, 15) is 9.59 Å². The minimum atomic E-state index is -0.680. The van der Waals surface area contributed by atoms with Gasteiger partial charge in [-0.25, -0.2) is 0 Å². The summed E-state index contributed by atoms with van der Waals surface area (Å²) >= 11 is 0. The van der Waals surface area contributed by atoms with Gasteiger partial charge in [0.15, 0.2) is 0 Å². The van der Waals surface area contributed by atoms with E-state index in [0.717, 1.165) is 44.7 Å². The van der Waals surface area contributed by atoms with E-state index in [2.05, 4.69) is 37.7 Å². The van der Waals surface area contributed by atoms with Crippen LogP contribution < -0.4 is 10.6 Å². The van der Waals surface area contributed by atoms with Crippen molar-refractivity contribution < 1.29 is 14.0 Å². The molecule has 0 spiro atoms. The molecule has 0 atom stereocenters. The third-order valence-corrected chi connectivity index (χ3v) is 4.65. The summed E-state index contributed by atoms with van der Waals surface area (Å²) in [6.45, 7) is 7.35. The highest BCUT2D eigenvalue weighted by Gasteiger charge is 2.15. The van der Waals surface area contributed by atoms with E-state index in [1.165, 1.54) is 0 Å². The Balaban J connectivity index is 1.38. The highest BCUT2D eigenvalue weighted by molar-refractivity contribution is 6.39. The van der Waals surface area contributed by atoms with Crippen LogP contribution in [-0.4, -0.2) is 78.1 Å². The molecule has 0 unspecified atom stereocenters. The van der Waals surface area contributed by atoms with Crippen LogP contribution in [0.5, 0.6) is 0 Å². The molecule has 9 heteroatoms. The van der Waals surface area contributed by atoms with Crippen LogP contribution in [0.2, 0.25) is 0 Å². The number of rotatable bonds is 6. The number of piperazine rings is 1.